The zero-order chi connectivity index (χ0) is 13.1. The smallest absolute Gasteiger partial charge is 0.115 e. The molecule has 3 rings (SSSR count). The summed E-state index contributed by atoms with van der Waals surface area (Å²) in [6.45, 7) is 3.01. The van der Waals surface area contributed by atoms with E-state index in [9.17, 15) is 0 Å². The summed E-state index contributed by atoms with van der Waals surface area (Å²) in [6, 6.07) is 8.07. The fourth-order valence-electron chi connectivity index (χ4n) is 2.47. The molecule has 0 saturated heterocycles. The summed E-state index contributed by atoms with van der Waals surface area (Å²) in [5.74, 6) is 0. The third kappa shape index (κ3) is 2.94. The Labute approximate surface area is 118 Å². The predicted molar refractivity (Wildman–Crippen MR) is 76.2 cm³/mol. The van der Waals surface area contributed by atoms with Crippen LogP contribution in [0.25, 0.3) is 0 Å². The van der Waals surface area contributed by atoms with Crippen molar-refractivity contribution in [3.05, 3.63) is 58.6 Å². The molecule has 1 aromatic heterocycles. The number of benzene rings is 1. The van der Waals surface area contributed by atoms with Gasteiger partial charge in [0.2, 0.25) is 0 Å². The Bertz CT molecular complexity index is 571. The molecule has 98 valence electrons. The minimum atomic E-state index is 0.863. The van der Waals surface area contributed by atoms with Crippen molar-refractivity contribution in [3.8, 4) is 0 Å². The Morgan fingerprint density at radius 1 is 1.26 bits per heavy atom. The van der Waals surface area contributed by atoms with Crippen molar-refractivity contribution < 1.29 is 0 Å². The lowest BCUT2D eigenvalue weighted by Gasteiger charge is -2.27. The van der Waals surface area contributed by atoms with Gasteiger partial charge in [0.15, 0.2) is 0 Å². The van der Waals surface area contributed by atoms with Crippen LogP contribution < -0.4 is 0 Å². The van der Waals surface area contributed by atoms with Crippen LogP contribution in [0.1, 0.15) is 16.8 Å². The number of halogens is 1. The van der Waals surface area contributed by atoms with E-state index in [2.05, 4.69) is 20.9 Å². The highest BCUT2D eigenvalue weighted by Crippen LogP contribution is 2.18. The topological polar surface area (TPSA) is 29.0 Å². The maximum atomic E-state index is 6.18. The van der Waals surface area contributed by atoms with Crippen molar-refractivity contribution in [2.24, 2.45) is 0 Å². The van der Waals surface area contributed by atoms with Crippen LogP contribution in [-0.2, 0) is 19.4 Å². The van der Waals surface area contributed by atoms with Crippen molar-refractivity contribution in [2.75, 3.05) is 13.1 Å². The number of hydrogen-bond acceptors (Lipinski definition) is 3. The first-order chi connectivity index (χ1) is 9.33. The quantitative estimate of drug-likeness (QED) is 0.861. The molecule has 0 fully saturated rings. The van der Waals surface area contributed by atoms with Crippen LogP contribution >= 0.6 is 11.6 Å². The summed E-state index contributed by atoms with van der Waals surface area (Å²) < 4.78 is 0. The average molecular weight is 274 g/mol. The highest BCUT2D eigenvalue weighted by atomic mass is 35.5. The summed E-state index contributed by atoms with van der Waals surface area (Å²) in [4.78, 5) is 10.9. The van der Waals surface area contributed by atoms with E-state index < -0.39 is 0 Å². The van der Waals surface area contributed by atoms with E-state index in [0.717, 1.165) is 37.5 Å². The standard InChI is InChI=1S/C15H16ClN3/c16-14-4-2-1-3-12(14)5-7-19-8-6-13-9-17-11-18-15(13)10-19/h1-4,9,11H,5-8,10H2. The Kier molecular flexibility index (Phi) is 3.76. The zero-order valence-electron chi connectivity index (χ0n) is 10.7. The normalized spacial score (nSPS) is 15.2. The van der Waals surface area contributed by atoms with Crippen molar-refractivity contribution in [1.82, 2.24) is 14.9 Å². The molecule has 1 aliphatic heterocycles. The largest absolute Gasteiger partial charge is 0.297 e. The number of nitrogens with zero attached hydrogens (tertiary/aromatic N) is 3. The van der Waals surface area contributed by atoms with Gasteiger partial charge in [-0.05, 0) is 30.0 Å². The lowest BCUT2D eigenvalue weighted by Crippen LogP contribution is -2.33. The van der Waals surface area contributed by atoms with Crippen LogP contribution in [-0.4, -0.2) is 28.0 Å². The van der Waals surface area contributed by atoms with Crippen LogP contribution in [0, 0.1) is 0 Å². The van der Waals surface area contributed by atoms with E-state index in [1.54, 1.807) is 6.33 Å². The first-order valence-electron chi connectivity index (χ1n) is 6.56. The molecule has 19 heavy (non-hydrogen) atoms. The van der Waals surface area contributed by atoms with Gasteiger partial charge in [-0.3, -0.25) is 4.90 Å². The van der Waals surface area contributed by atoms with E-state index in [4.69, 9.17) is 11.6 Å². The van der Waals surface area contributed by atoms with Crippen LogP contribution in [0.4, 0.5) is 0 Å². The van der Waals surface area contributed by atoms with Gasteiger partial charge in [0.25, 0.3) is 0 Å². The number of rotatable bonds is 3. The second-order valence-corrected chi connectivity index (χ2v) is 5.27. The van der Waals surface area contributed by atoms with Crippen molar-refractivity contribution in [1.29, 1.82) is 0 Å². The Hall–Kier alpha value is -1.45. The Balaban J connectivity index is 1.62. The second kappa shape index (κ2) is 5.68. The predicted octanol–water partition coefficient (Wildman–Crippen LogP) is 2.73. The molecule has 4 heteroatoms. The van der Waals surface area contributed by atoms with Gasteiger partial charge >= 0.3 is 0 Å². The second-order valence-electron chi connectivity index (χ2n) is 4.86. The van der Waals surface area contributed by atoms with Gasteiger partial charge in [0.05, 0.1) is 5.69 Å². The molecular weight excluding hydrogens is 258 g/mol. The molecule has 0 N–H and O–H groups in total. The molecule has 3 nitrogen and oxygen atoms in total. The molecule has 0 amide bonds. The first kappa shape index (κ1) is 12.6. The van der Waals surface area contributed by atoms with Gasteiger partial charge in [-0.1, -0.05) is 29.8 Å². The molecule has 0 atom stereocenters. The molecule has 0 aliphatic carbocycles. The van der Waals surface area contributed by atoms with Crippen LogP contribution in [0.15, 0.2) is 36.8 Å². The van der Waals surface area contributed by atoms with Gasteiger partial charge in [-0.25, -0.2) is 9.97 Å². The maximum absolute atomic E-state index is 6.18. The third-order valence-corrected chi connectivity index (χ3v) is 3.98. The molecule has 0 radical (unpaired) electrons. The summed E-state index contributed by atoms with van der Waals surface area (Å²) >= 11 is 6.18. The highest BCUT2D eigenvalue weighted by Gasteiger charge is 2.17. The van der Waals surface area contributed by atoms with Crippen molar-refractivity contribution in [3.63, 3.8) is 0 Å². The van der Waals surface area contributed by atoms with E-state index >= 15 is 0 Å². The van der Waals surface area contributed by atoms with Crippen LogP contribution in [0.3, 0.4) is 0 Å². The lowest BCUT2D eigenvalue weighted by atomic mass is 10.1. The molecular formula is C15H16ClN3. The highest BCUT2D eigenvalue weighted by molar-refractivity contribution is 6.31. The molecule has 1 aromatic carbocycles. The molecule has 1 aliphatic rings. The van der Waals surface area contributed by atoms with E-state index in [1.165, 1.54) is 16.8 Å². The van der Waals surface area contributed by atoms with Crippen molar-refractivity contribution in [2.45, 2.75) is 19.4 Å². The summed E-state index contributed by atoms with van der Waals surface area (Å²) in [5, 5.41) is 0.863. The molecule has 0 spiro atoms. The summed E-state index contributed by atoms with van der Waals surface area (Å²) in [5.41, 5.74) is 3.68. The fraction of sp³-hybridized carbons (Fsp3) is 0.333. The van der Waals surface area contributed by atoms with Crippen LogP contribution in [0.2, 0.25) is 5.02 Å². The van der Waals surface area contributed by atoms with Gasteiger partial charge < -0.3 is 0 Å². The van der Waals surface area contributed by atoms with Crippen LogP contribution in [0.5, 0.6) is 0 Å². The van der Waals surface area contributed by atoms with Crippen molar-refractivity contribution >= 4 is 11.6 Å². The molecule has 0 bridgehead atoms. The van der Waals surface area contributed by atoms with E-state index in [0.29, 0.717) is 0 Å². The third-order valence-electron chi connectivity index (χ3n) is 3.61. The van der Waals surface area contributed by atoms with Gasteiger partial charge in [-0.2, -0.15) is 0 Å². The fourth-order valence-corrected chi connectivity index (χ4v) is 2.71. The Morgan fingerprint density at radius 3 is 3.05 bits per heavy atom. The van der Waals surface area contributed by atoms with Gasteiger partial charge in [0, 0.05) is 30.9 Å². The number of hydrogen-bond donors (Lipinski definition) is 0. The maximum Gasteiger partial charge on any atom is 0.115 e. The monoisotopic (exact) mass is 273 g/mol. The molecule has 0 unspecified atom stereocenters. The number of aromatic nitrogens is 2. The first-order valence-corrected chi connectivity index (χ1v) is 6.94. The number of fused-ring (bicyclic) bond motifs is 1. The molecule has 2 aromatic rings. The zero-order valence-corrected chi connectivity index (χ0v) is 11.5. The molecule has 2 heterocycles. The minimum Gasteiger partial charge on any atom is -0.297 e. The Morgan fingerprint density at radius 2 is 2.16 bits per heavy atom. The summed E-state index contributed by atoms with van der Waals surface area (Å²) in [6.07, 6.45) is 5.60. The van der Waals surface area contributed by atoms with E-state index in [-0.39, 0.29) is 0 Å². The lowest BCUT2D eigenvalue weighted by molar-refractivity contribution is 0.253. The SMILES string of the molecule is Clc1ccccc1CCN1CCc2cncnc2C1. The average Bonchev–Trinajstić information content (AvgIpc) is 2.46. The van der Waals surface area contributed by atoms with E-state index in [1.807, 2.05) is 24.4 Å². The van der Waals surface area contributed by atoms with Gasteiger partial charge in [0.1, 0.15) is 6.33 Å². The van der Waals surface area contributed by atoms with Gasteiger partial charge in [-0.15, -0.1) is 0 Å². The minimum absolute atomic E-state index is 0.863. The summed E-state index contributed by atoms with van der Waals surface area (Å²) in [7, 11) is 0. The molecule has 0 saturated carbocycles.